The molecule has 4 rings (SSSR count). The van der Waals surface area contributed by atoms with Gasteiger partial charge in [-0.1, -0.05) is 29.8 Å². The molecule has 0 unspecified atom stereocenters. The van der Waals surface area contributed by atoms with Crippen LogP contribution in [0.5, 0.6) is 0 Å². The number of esters is 1. The van der Waals surface area contributed by atoms with E-state index in [0.717, 1.165) is 35.3 Å². The lowest BCUT2D eigenvalue weighted by atomic mass is 10.1. The third kappa shape index (κ3) is 4.27. The lowest BCUT2D eigenvalue weighted by molar-refractivity contribution is -0.119. The summed E-state index contributed by atoms with van der Waals surface area (Å²) in [4.78, 5) is 26.2. The van der Waals surface area contributed by atoms with Crippen molar-refractivity contribution in [1.82, 2.24) is 9.78 Å². The Labute approximate surface area is 194 Å². The molecule has 1 aromatic carbocycles. The van der Waals surface area contributed by atoms with E-state index in [9.17, 15) is 14.9 Å². The van der Waals surface area contributed by atoms with Crippen LogP contribution in [-0.4, -0.2) is 28.3 Å². The number of aromatic nitrogens is 2. The summed E-state index contributed by atoms with van der Waals surface area (Å²) in [7, 11) is 0. The fourth-order valence-electron chi connectivity index (χ4n) is 3.91. The number of nitrogens with one attached hydrogen (secondary N) is 1. The van der Waals surface area contributed by atoms with Crippen LogP contribution in [0.25, 0.3) is 0 Å². The first-order valence-electron chi connectivity index (χ1n) is 10.2. The number of carbonyl (C=O) groups excluding carboxylic acids is 2. The Balaban J connectivity index is 1.41. The summed E-state index contributed by atoms with van der Waals surface area (Å²) < 4.78 is 6.95. The Morgan fingerprint density at radius 3 is 2.84 bits per heavy atom. The van der Waals surface area contributed by atoms with Gasteiger partial charge in [0.05, 0.1) is 23.5 Å². The van der Waals surface area contributed by atoms with Gasteiger partial charge in [0, 0.05) is 9.90 Å². The Hall–Kier alpha value is -3.15. The highest BCUT2D eigenvalue weighted by molar-refractivity contribution is 7.16. The molecule has 32 heavy (non-hydrogen) atoms. The molecule has 1 aliphatic rings. The van der Waals surface area contributed by atoms with Gasteiger partial charge < -0.3 is 10.1 Å². The Kier molecular flexibility index (Phi) is 6.31. The smallest absolute Gasteiger partial charge is 0.342 e. The zero-order valence-electron chi connectivity index (χ0n) is 17.7. The second-order valence-corrected chi connectivity index (χ2v) is 9.10. The van der Waals surface area contributed by atoms with Crippen LogP contribution in [0.2, 0.25) is 5.02 Å². The van der Waals surface area contributed by atoms with E-state index in [2.05, 4.69) is 16.5 Å². The van der Waals surface area contributed by atoms with Crippen molar-refractivity contribution in [3.8, 4) is 6.07 Å². The molecule has 1 amide bonds. The molecule has 1 N–H and O–H groups in total. The van der Waals surface area contributed by atoms with Crippen LogP contribution in [0.15, 0.2) is 24.3 Å². The summed E-state index contributed by atoms with van der Waals surface area (Å²) in [5.41, 5.74) is 3.92. The molecule has 9 heteroatoms. The van der Waals surface area contributed by atoms with Gasteiger partial charge in [-0.15, -0.1) is 11.3 Å². The lowest BCUT2D eigenvalue weighted by Gasteiger charge is -2.08. The van der Waals surface area contributed by atoms with Crippen molar-refractivity contribution in [1.29, 1.82) is 5.26 Å². The number of benzene rings is 1. The number of thiophene rings is 1. The number of nitrogens with zero attached hydrogens (tertiary/aromatic N) is 3. The summed E-state index contributed by atoms with van der Waals surface area (Å²) in [6.45, 7) is 3.47. The van der Waals surface area contributed by atoms with Gasteiger partial charge in [-0.3, -0.25) is 9.48 Å². The molecular weight excluding hydrogens is 448 g/mol. The highest BCUT2D eigenvalue weighted by Gasteiger charge is 2.24. The van der Waals surface area contributed by atoms with Gasteiger partial charge >= 0.3 is 5.97 Å². The maximum absolute atomic E-state index is 12.7. The van der Waals surface area contributed by atoms with Gasteiger partial charge in [0.25, 0.3) is 5.91 Å². The summed E-state index contributed by atoms with van der Waals surface area (Å²) in [6.07, 6.45) is 2.82. The summed E-state index contributed by atoms with van der Waals surface area (Å²) in [5.74, 6) is -1.09. The highest BCUT2D eigenvalue weighted by Crippen LogP contribution is 2.38. The van der Waals surface area contributed by atoms with Crippen molar-refractivity contribution in [2.75, 3.05) is 11.9 Å². The molecule has 2 aromatic heterocycles. The van der Waals surface area contributed by atoms with E-state index in [1.54, 1.807) is 24.6 Å². The van der Waals surface area contributed by atoms with E-state index in [4.69, 9.17) is 16.3 Å². The average Bonchev–Trinajstić information content (AvgIpc) is 3.41. The second kappa shape index (κ2) is 9.15. The van der Waals surface area contributed by atoms with Crippen LogP contribution in [0.1, 0.15) is 49.7 Å². The number of amides is 1. The van der Waals surface area contributed by atoms with Crippen LogP contribution in [0, 0.1) is 25.2 Å². The minimum Gasteiger partial charge on any atom is -0.452 e. The molecule has 0 aliphatic heterocycles. The van der Waals surface area contributed by atoms with Crippen molar-refractivity contribution in [2.45, 2.75) is 39.7 Å². The molecule has 3 aromatic rings. The van der Waals surface area contributed by atoms with E-state index in [0.29, 0.717) is 39.1 Å². The first-order valence-corrected chi connectivity index (χ1v) is 11.4. The third-order valence-electron chi connectivity index (χ3n) is 5.48. The number of halogens is 1. The summed E-state index contributed by atoms with van der Waals surface area (Å²) >= 11 is 7.66. The molecule has 0 fully saturated rings. The molecule has 0 spiro atoms. The van der Waals surface area contributed by atoms with Gasteiger partial charge in [-0.25, -0.2) is 4.79 Å². The normalized spacial score (nSPS) is 12.3. The van der Waals surface area contributed by atoms with Gasteiger partial charge in [0.15, 0.2) is 6.61 Å². The highest BCUT2D eigenvalue weighted by atomic mass is 35.5. The molecule has 164 valence electrons. The lowest BCUT2D eigenvalue weighted by Crippen LogP contribution is -2.21. The number of aryl methyl sites for hydroxylation is 2. The van der Waals surface area contributed by atoms with E-state index in [1.165, 1.54) is 11.3 Å². The van der Waals surface area contributed by atoms with Crippen molar-refractivity contribution in [3.05, 3.63) is 67.8 Å². The zero-order chi connectivity index (χ0) is 22.8. The molecule has 2 heterocycles. The van der Waals surface area contributed by atoms with Crippen molar-refractivity contribution in [3.63, 3.8) is 0 Å². The number of nitriles is 1. The fourth-order valence-corrected chi connectivity index (χ4v) is 5.36. The molecule has 0 bridgehead atoms. The SMILES string of the molecule is Cc1nn(Cc2ccccc2Cl)c(C)c1C(=O)OCC(=O)Nc1sc2c(c1C#N)CCC2. The third-order valence-corrected chi connectivity index (χ3v) is 7.06. The van der Waals surface area contributed by atoms with Crippen LogP contribution in [0.4, 0.5) is 5.00 Å². The number of fused-ring (bicyclic) bond motifs is 1. The maximum atomic E-state index is 12.7. The molecule has 0 saturated carbocycles. The number of rotatable bonds is 6. The maximum Gasteiger partial charge on any atom is 0.342 e. The first kappa shape index (κ1) is 22.1. The molecule has 0 radical (unpaired) electrons. The van der Waals surface area contributed by atoms with Crippen molar-refractivity contribution >= 4 is 39.8 Å². The predicted octanol–water partition coefficient (Wildman–Crippen LogP) is 4.42. The number of hydrogen-bond donors (Lipinski definition) is 1. The number of hydrogen-bond acceptors (Lipinski definition) is 6. The minimum absolute atomic E-state index is 0.331. The standard InChI is InChI=1S/C23H21ClN4O3S/c1-13-21(14(2)28(27-13)11-15-6-3-4-8-18(15)24)23(30)31-12-20(29)26-22-17(10-25)16-7-5-9-19(16)32-22/h3-4,6,8H,5,7,9,11-12H2,1-2H3,(H,26,29). The van der Waals surface area contributed by atoms with Gasteiger partial charge in [0.1, 0.15) is 16.6 Å². The van der Waals surface area contributed by atoms with Gasteiger partial charge in [-0.05, 0) is 50.3 Å². The number of anilines is 1. The number of ether oxygens (including phenoxy) is 1. The topological polar surface area (TPSA) is 97.0 Å². The molecule has 0 saturated heterocycles. The monoisotopic (exact) mass is 468 g/mol. The van der Waals surface area contributed by atoms with E-state index < -0.39 is 18.5 Å². The molecule has 0 atom stereocenters. The zero-order valence-corrected chi connectivity index (χ0v) is 19.3. The fraction of sp³-hybridized carbons (Fsp3) is 0.304. The summed E-state index contributed by atoms with van der Waals surface area (Å²) in [6, 6.07) is 9.62. The molecular formula is C23H21ClN4O3S. The van der Waals surface area contributed by atoms with Crippen molar-refractivity contribution < 1.29 is 14.3 Å². The van der Waals surface area contributed by atoms with Crippen LogP contribution in [-0.2, 0) is 28.9 Å². The number of carbonyl (C=O) groups is 2. The first-order chi connectivity index (χ1) is 15.4. The van der Waals surface area contributed by atoms with Crippen LogP contribution >= 0.6 is 22.9 Å². The Morgan fingerprint density at radius 2 is 2.09 bits per heavy atom. The van der Waals surface area contributed by atoms with E-state index >= 15 is 0 Å². The van der Waals surface area contributed by atoms with E-state index in [-0.39, 0.29) is 0 Å². The van der Waals surface area contributed by atoms with Gasteiger partial charge in [-0.2, -0.15) is 10.4 Å². The van der Waals surface area contributed by atoms with Gasteiger partial charge in [0.2, 0.25) is 0 Å². The van der Waals surface area contributed by atoms with Crippen molar-refractivity contribution in [2.24, 2.45) is 0 Å². The summed E-state index contributed by atoms with van der Waals surface area (Å²) in [5, 5.41) is 17.7. The Bertz CT molecular complexity index is 1250. The van der Waals surface area contributed by atoms with Crippen LogP contribution in [0.3, 0.4) is 0 Å². The van der Waals surface area contributed by atoms with Crippen LogP contribution < -0.4 is 5.32 Å². The second-order valence-electron chi connectivity index (χ2n) is 7.59. The molecule has 7 nitrogen and oxygen atoms in total. The predicted molar refractivity (Wildman–Crippen MR) is 122 cm³/mol. The molecule has 1 aliphatic carbocycles. The quantitative estimate of drug-likeness (QED) is 0.540. The average molecular weight is 469 g/mol. The Morgan fingerprint density at radius 1 is 1.31 bits per heavy atom. The minimum atomic E-state index is -0.616. The van der Waals surface area contributed by atoms with E-state index in [1.807, 2.05) is 18.2 Å². The largest absolute Gasteiger partial charge is 0.452 e.